The molecule has 11 nitrogen and oxygen atoms in total. The number of anilines is 2. The Labute approximate surface area is 159 Å². The molecule has 3 heterocycles. The fourth-order valence-electron chi connectivity index (χ4n) is 2.93. The van der Waals surface area contributed by atoms with Gasteiger partial charge >= 0.3 is 0 Å². The molecule has 2 aromatic heterocycles. The third kappa shape index (κ3) is 3.37. The van der Waals surface area contributed by atoms with Gasteiger partial charge in [-0.25, -0.2) is 19.6 Å². The molecule has 0 aliphatic carbocycles. The Morgan fingerprint density at radius 3 is 2.68 bits per heavy atom. The highest BCUT2D eigenvalue weighted by atomic mass is 16.6. The van der Waals surface area contributed by atoms with Gasteiger partial charge in [-0.2, -0.15) is 5.10 Å². The predicted octanol–water partition coefficient (Wildman–Crippen LogP) is 1.35. The lowest BCUT2D eigenvalue weighted by atomic mass is 9.99. The van der Waals surface area contributed by atoms with Gasteiger partial charge in [0.25, 0.3) is 5.69 Å². The first kappa shape index (κ1) is 17.5. The summed E-state index contributed by atoms with van der Waals surface area (Å²) >= 11 is 0. The fraction of sp³-hybridized carbons (Fsp3) is 0.235. The van der Waals surface area contributed by atoms with Crippen molar-refractivity contribution >= 4 is 23.1 Å². The number of aromatic nitrogens is 5. The van der Waals surface area contributed by atoms with Gasteiger partial charge in [0.2, 0.25) is 5.91 Å². The highest BCUT2D eigenvalue weighted by Crippen LogP contribution is 2.26. The minimum Gasteiger partial charge on any atom is -0.355 e. The van der Waals surface area contributed by atoms with E-state index in [4.69, 9.17) is 0 Å². The molecule has 0 saturated carbocycles. The highest BCUT2D eigenvalue weighted by Gasteiger charge is 2.34. The highest BCUT2D eigenvalue weighted by molar-refractivity contribution is 5.95. The van der Waals surface area contributed by atoms with Gasteiger partial charge in [-0.3, -0.25) is 14.9 Å². The van der Waals surface area contributed by atoms with Crippen molar-refractivity contribution in [3.8, 4) is 5.82 Å². The van der Waals surface area contributed by atoms with Crippen LogP contribution in [0.4, 0.5) is 17.2 Å². The van der Waals surface area contributed by atoms with Crippen molar-refractivity contribution in [2.75, 3.05) is 23.3 Å². The Morgan fingerprint density at radius 1 is 1.21 bits per heavy atom. The molecule has 1 amide bonds. The summed E-state index contributed by atoms with van der Waals surface area (Å²) in [7, 11) is 0. The van der Waals surface area contributed by atoms with E-state index in [0.29, 0.717) is 36.0 Å². The van der Waals surface area contributed by atoms with Crippen LogP contribution >= 0.6 is 0 Å². The minimum atomic E-state index is -0.461. The predicted molar refractivity (Wildman–Crippen MR) is 99.1 cm³/mol. The zero-order valence-electron chi connectivity index (χ0n) is 14.9. The van der Waals surface area contributed by atoms with Gasteiger partial charge in [-0.05, 0) is 18.6 Å². The number of hydrogen-bond donors (Lipinski definition) is 1. The first-order valence-electron chi connectivity index (χ1n) is 8.49. The van der Waals surface area contributed by atoms with Crippen molar-refractivity contribution in [1.82, 2.24) is 24.7 Å². The molecule has 3 aromatic rings. The average molecular weight is 380 g/mol. The number of nitrogens with zero attached hydrogens (tertiary/aromatic N) is 7. The molecular formula is C17H16N8O3. The number of carbonyl (C=O) groups excluding carboxylic acids is 1. The van der Waals surface area contributed by atoms with Crippen LogP contribution in [0, 0.1) is 23.0 Å². The molecule has 28 heavy (non-hydrogen) atoms. The van der Waals surface area contributed by atoms with Crippen LogP contribution in [0.1, 0.15) is 5.56 Å². The zero-order chi connectivity index (χ0) is 19.7. The number of rotatable bonds is 5. The number of non-ortho nitro benzene ring substituents is 1. The second-order valence-corrected chi connectivity index (χ2v) is 6.42. The molecule has 11 heteroatoms. The fourth-order valence-corrected chi connectivity index (χ4v) is 2.93. The van der Waals surface area contributed by atoms with Crippen LogP contribution in [0.5, 0.6) is 0 Å². The van der Waals surface area contributed by atoms with E-state index >= 15 is 0 Å². The quantitative estimate of drug-likeness (QED) is 0.518. The minimum absolute atomic E-state index is 0.00253. The average Bonchev–Trinajstić information content (AvgIpc) is 3.17. The summed E-state index contributed by atoms with van der Waals surface area (Å²) in [6.07, 6.45) is 4.41. The van der Waals surface area contributed by atoms with Crippen molar-refractivity contribution in [1.29, 1.82) is 0 Å². The third-order valence-electron chi connectivity index (χ3n) is 4.55. The van der Waals surface area contributed by atoms with E-state index in [1.807, 2.05) is 4.90 Å². The summed E-state index contributed by atoms with van der Waals surface area (Å²) in [6.45, 7) is 2.76. The summed E-state index contributed by atoms with van der Waals surface area (Å²) in [5.41, 5.74) is 1.22. The molecule has 142 valence electrons. The van der Waals surface area contributed by atoms with E-state index in [9.17, 15) is 14.9 Å². The maximum Gasteiger partial charge on any atom is 0.269 e. The molecule has 0 bridgehead atoms. The molecule has 1 N–H and O–H groups in total. The third-order valence-corrected chi connectivity index (χ3v) is 4.55. The van der Waals surface area contributed by atoms with Crippen LogP contribution in [0.15, 0.2) is 43.2 Å². The second-order valence-electron chi connectivity index (χ2n) is 6.42. The van der Waals surface area contributed by atoms with Crippen molar-refractivity contribution in [2.24, 2.45) is 5.92 Å². The topological polar surface area (TPSA) is 132 Å². The van der Waals surface area contributed by atoms with Crippen LogP contribution in [0.2, 0.25) is 0 Å². The summed E-state index contributed by atoms with van der Waals surface area (Å²) in [6, 6.07) is 6.15. The number of nitro benzene ring substituents is 1. The smallest absolute Gasteiger partial charge is 0.269 e. The molecule has 1 aliphatic heterocycles. The normalized spacial score (nSPS) is 13.8. The van der Waals surface area contributed by atoms with Gasteiger partial charge in [0.1, 0.15) is 24.8 Å². The molecule has 4 rings (SSSR count). The van der Waals surface area contributed by atoms with Gasteiger partial charge < -0.3 is 10.2 Å². The van der Waals surface area contributed by atoms with Gasteiger partial charge in [0.15, 0.2) is 5.82 Å². The monoisotopic (exact) mass is 380 g/mol. The van der Waals surface area contributed by atoms with Crippen molar-refractivity contribution in [3.05, 3.63) is 58.9 Å². The van der Waals surface area contributed by atoms with Crippen molar-refractivity contribution in [2.45, 2.75) is 6.92 Å². The maximum atomic E-state index is 12.5. The van der Waals surface area contributed by atoms with Gasteiger partial charge in [0, 0.05) is 37.0 Å². The Balaban J connectivity index is 1.38. The number of nitro groups is 1. The lowest BCUT2D eigenvalue weighted by Crippen LogP contribution is -2.52. The van der Waals surface area contributed by atoms with E-state index in [-0.39, 0.29) is 17.5 Å². The number of amides is 1. The molecule has 0 unspecified atom stereocenters. The Kier molecular flexibility index (Phi) is 4.39. The van der Waals surface area contributed by atoms with Crippen molar-refractivity contribution < 1.29 is 9.72 Å². The van der Waals surface area contributed by atoms with Crippen LogP contribution in [0.3, 0.4) is 0 Å². The molecule has 1 fully saturated rings. The molecule has 1 saturated heterocycles. The van der Waals surface area contributed by atoms with E-state index in [1.165, 1.54) is 29.5 Å². The maximum absolute atomic E-state index is 12.5. The number of nitrogens with one attached hydrogen (secondary N) is 1. The summed E-state index contributed by atoms with van der Waals surface area (Å²) in [5, 5.41) is 17.7. The number of benzene rings is 1. The SMILES string of the molecule is Cc1cc([N+](=O)[O-])ccc1NC(=O)C1CN(c2cc(-n3cncn3)ncn2)C1. The Bertz CT molecular complexity index is 1030. The summed E-state index contributed by atoms with van der Waals surface area (Å²) < 4.78 is 1.53. The molecule has 1 aliphatic rings. The standard InChI is InChI=1S/C17H16N8O3/c1-11-4-13(25(27)28)2-3-14(11)22-17(26)12-6-23(7-12)15-5-16(20-9-19-15)24-10-18-8-21-24/h2-5,8-10,12H,6-7H2,1H3,(H,22,26). The number of hydrogen-bond acceptors (Lipinski definition) is 8. The van der Waals surface area contributed by atoms with E-state index in [1.54, 1.807) is 25.4 Å². The number of carbonyl (C=O) groups is 1. The van der Waals surface area contributed by atoms with E-state index in [2.05, 4.69) is 25.4 Å². The van der Waals surface area contributed by atoms with Crippen LogP contribution < -0.4 is 10.2 Å². The summed E-state index contributed by atoms with van der Waals surface area (Å²) in [5.74, 6) is 0.978. The molecule has 0 spiro atoms. The molecular weight excluding hydrogens is 364 g/mol. The first-order valence-corrected chi connectivity index (χ1v) is 8.49. The van der Waals surface area contributed by atoms with Crippen molar-refractivity contribution in [3.63, 3.8) is 0 Å². The van der Waals surface area contributed by atoms with Gasteiger partial charge in [0.05, 0.1) is 10.8 Å². The molecule has 0 radical (unpaired) electrons. The molecule has 1 aromatic carbocycles. The second kappa shape index (κ2) is 7.02. The van der Waals surface area contributed by atoms with E-state index in [0.717, 1.165) is 0 Å². The molecule has 0 atom stereocenters. The lowest BCUT2D eigenvalue weighted by Gasteiger charge is -2.39. The van der Waals surface area contributed by atoms with E-state index < -0.39 is 4.92 Å². The van der Waals surface area contributed by atoms with Crippen LogP contribution in [-0.4, -0.2) is 48.7 Å². The summed E-state index contributed by atoms with van der Waals surface area (Å²) in [4.78, 5) is 37.1. The van der Waals surface area contributed by atoms with Gasteiger partial charge in [-0.15, -0.1) is 0 Å². The van der Waals surface area contributed by atoms with Crippen LogP contribution in [0.25, 0.3) is 5.82 Å². The van der Waals surface area contributed by atoms with Gasteiger partial charge in [-0.1, -0.05) is 0 Å². The number of aryl methyl sites for hydroxylation is 1. The zero-order valence-corrected chi connectivity index (χ0v) is 14.9. The first-order chi connectivity index (χ1) is 13.5. The Hall–Kier alpha value is -3.89. The Morgan fingerprint density at radius 2 is 2.00 bits per heavy atom. The largest absolute Gasteiger partial charge is 0.355 e. The lowest BCUT2D eigenvalue weighted by molar-refractivity contribution is -0.384. The van der Waals surface area contributed by atoms with Crippen LogP contribution in [-0.2, 0) is 4.79 Å².